The fourth-order valence-electron chi connectivity index (χ4n) is 1.56. The highest BCUT2D eigenvalue weighted by atomic mass is 35.5. The number of hydrogen-bond donors (Lipinski definition) is 1. The van der Waals surface area contributed by atoms with E-state index in [2.05, 4.69) is 9.97 Å². The number of methoxy groups -OCH3 is 1. The molecular weight excluding hydrogens is 284 g/mol. The maximum absolute atomic E-state index is 11.5. The lowest BCUT2D eigenvalue weighted by molar-refractivity contribution is 0.181. The summed E-state index contributed by atoms with van der Waals surface area (Å²) in [5.41, 5.74) is 0.456. The van der Waals surface area contributed by atoms with Crippen LogP contribution in [0.15, 0.2) is 40.0 Å². The molecule has 1 N–H and O–H groups in total. The van der Waals surface area contributed by atoms with Gasteiger partial charge in [0.25, 0.3) is 5.56 Å². The third-order valence-corrected chi connectivity index (χ3v) is 3.86. The summed E-state index contributed by atoms with van der Waals surface area (Å²) in [5.74, 6) is 1.17. The van der Waals surface area contributed by atoms with E-state index in [1.54, 1.807) is 7.11 Å². The number of aromatic amines is 1. The Kier molecular flexibility index (Phi) is 5.01. The van der Waals surface area contributed by atoms with E-state index in [9.17, 15) is 4.79 Å². The molecule has 0 spiro atoms. The topological polar surface area (TPSA) is 55.0 Å². The summed E-state index contributed by atoms with van der Waals surface area (Å²) in [5, 5.41) is 0.697. The van der Waals surface area contributed by atoms with E-state index in [0.29, 0.717) is 28.9 Å². The molecule has 0 radical (unpaired) electrons. The zero-order valence-electron chi connectivity index (χ0n) is 10.4. The minimum atomic E-state index is -0.170. The molecule has 4 nitrogen and oxygen atoms in total. The van der Waals surface area contributed by atoms with Crippen molar-refractivity contribution in [2.45, 2.75) is 17.3 Å². The number of nitrogens with one attached hydrogen (secondary N) is 1. The molecule has 1 aromatic carbocycles. The summed E-state index contributed by atoms with van der Waals surface area (Å²) in [4.78, 5) is 19.5. The van der Waals surface area contributed by atoms with Crippen molar-refractivity contribution in [2.75, 3.05) is 7.11 Å². The second kappa shape index (κ2) is 6.75. The monoisotopic (exact) mass is 296 g/mol. The van der Waals surface area contributed by atoms with Gasteiger partial charge in [-0.05, 0) is 12.1 Å². The fourth-order valence-corrected chi connectivity index (χ4v) is 2.67. The van der Waals surface area contributed by atoms with Crippen LogP contribution in [0.4, 0.5) is 0 Å². The van der Waals surface area contributed by atoms with Gasteiger partial charge in [0.2, 0.25) is 0 Å². The molecule has 100 valence electrons. The maximum atomic E-state index is 11.5. The normalized spacial score (nSPS) is 10.6. The third kappa shape index (κ3) is 4.09. The van der Waals surface area contributed by atoms with Crippen LogP contribution < -0.4 is 5.56 Å². The average molecular weight is 297 g/mol. The zero-order valence-corrected chi connectivity index (χ0v) is 11.9. The highest BCUT2D eigenvalue weighted by Gasteiger charge is 2.04. The van der Waals surface area contributed by atoms with Gasteiger partial charge in [0.05, 0.1) is 23.1 Å². The van der Waals surface area contributed by atoms with Gasteiger partial charge in [-0.25, -0.2) is 4.98 Å². The van der Waals surface area contributed by atoms with Crippen molar-refractivity contribution in [1.82, 2.24) is 9.97 Å². The van der Waals surface area contributed by atoms with Crippen LogP contribution in [0, 0.1) is 0 Å². The number of rotatable bonds is 5. The van der Waals surface area contributed by atoms with Gasteiger partial charge >= 0.3 is 0 Å². The van der Waals surface area contributed by atoms with Crippen molar-refractivity contribution in [3.8, 4) is 0 Å². The van der Waals surface area contributed by atoms with Crippen LogP contribution in [0.3, 0.4) is 0 Å². The van der Waals surface area contributed by atoms with E-state index in [0.717, 1.165) is 4.90 Å². The number of nitrogens with zero attached hydrogens (tertiary/aromatic N) is 1. The molecule has 0 aliphatic heterocycles. The number of thioether (sulfide) groups is 1. The van der Waals surface area contributed by atoms with Gasteiger partial charge in [-0.3, -0.25) is 4.79 Å². The standard InChI is InChI=1S/C13H13ClN2O2S/c1-18-7-9-6-13(17)16-12(15-9)8-19-11-5-3-2-4-10(11)14/h2-6H,7-8H2,1H3,(H,15,16,17). The Morgan fingerprint density at radius 2 is 2.21 bits per heavy atom. The quantitative estimate of drug-likeness (QED) is 0.862. The lowest BCUT2D eigenvalue weighted by atomic mass is 10.4. The van der Waals surface area contributed by atoms with Crippen LogP contribution >= 0.6 is 23.4 Å². The van der Waals surface area contributed by atoms with Crippen LogP contribution in [0.1, 0.15) is 11.5 Å². The van der Waals surface area contributed by atoms with Crippen molar-refractivity contribution < 1.29 is 4.74 Å². The first kappa shape index (κ1) is 14.1. The van der Waals surface area contributed by atoms with Crippen LogP contribution in [-0.2, 0) is 17.1 Å². The summed E-state index contributed by atoms with van der Waals surface area (Å²) < 4.78 is 4.98. The van der Waals surface area contributed by atoms with Crippen molar-refractivity contribution in [3.05, 3.63) is 57.2 Å². The number of H-pyrrole nitrogens is 1. The molecule has 0 saturated carbocycles. The smallest absolute Gasteiger partial charge is 0.251 e. The number of benzene rings is 1. The van der Waals surface area contributed by atoms with Gasteiger partial charge in [-0.1, -0.05) is 23.7 Å². The lowest BCUT2D eigenvalue weighted by Crippen LogP contribution is -2.12. The van der Waals surface area contributed by atoms with Crippen molar-refractivity contribution >= 4 is 23.4 Å². The predicted molar refractivity (Wildman–Crippen MR) is 76.6 cm³/mol. The molecule has 0 aliphatic carbocycles. The molecule has 2 rings (SSSR count). The molecule has 0 aliphatic rings. The Morgan fingerprint density at radius 1 is 1.42 bits per heavy atom. The average Bonchev–Trinajstić information content (AvgIpc) is 2.37. The first-order chi connectivity index (χ1) is 9.19. The van der Waals surface area contributed by atoms with E-state index >= 15 is 0 Å². The van der Waals surface area contributed by atoms with Crippen LogP contribution in [0.25, 0.3) is 0 Å². The van der Waals surface area contributed by atoms with E-state index in [1.165, 1.54) is 17.8 Å². The Bertz CT molecular complexity index is 616. The summed E-state index contributed by atoms with van der Waals surface area (Å²) in [6.07, 6.45) is 0. The maximum Gasteiger partial charge on any atom is 0.251 e. The first-order valence-electron chi connectivity index (χ1n) is 5.64. The predicted octanol–water partition coefficient (Wildman–Crippen LogP) is 2.86. The van der Waals surface area contributed by atoms with Crippen LogP contribution in [0.5, 0.6) is 0 Å². The largest absolute Gasteiger partial charge is 0.378 e. The minimum Gasteiger partial charge on any atom is -0.378 e. The lowest BCUT2D eigenvalue weighted by Gasteiger charge is -2.05. The molecule has 0 unspecified atom stereocenters. The van der Waals surface area contributed by atoms with Gasteiger partial charge in [-0.2, -0.15) is 0 Å². The third-order valence-electron chi connectivity index (χ3n) is 2.34. The highest BCUT2D eigenvalue weighted by molar-refractivity contribution is 7.98. The number of halogens is 1. The molecule has 19 heavy (non-hydrogen) atoms. The minimum absolute atomic E-state index is 0.170. The summed E-state index contributed by atoms with van der Waals surface area (Å²) >= 11 is 7.60. The SMILES string of the molecule is COCc1cc(=O)[nH]c(CSc2ccccc2Cl)n1. The molecule has 0 fully saturated rings. The van der Waals surface area contributed by atoms with E-state index in [1.807, 2.05) is 24.3 Å². The van der Waals surface area contributed by atoms with Crippen molar-refractivity contribution in [1.29, 1.82) is 0 Å². The van der Waals surface area contributed by atoms with Gasteiger partial charge in [0.1, 0.15) is 5.82 Å². The number of ether oxygens (including phenoxy) is 1. The Hall–Kier alpha value is -1.30. The van der Waals surface area contributed by atoms with Crippen molar-refractivity contribution in [3.63, 3.8) is 0 Å². The van der Waals surface area contributed by atoms with Crippen LogP contribution in [0.2, 0.25) is 5.02 Å². The van der Waals surface area contributed by atoms with Gasteiger partial charge in [0.15, 0.2) is 0 Å². The molecule has 0 bridgehead atoms. The molecule has 2 aromatic rings. The number of hydrogen-bond acceptors (Lipinski definition) is 4. The summed E-state index contributed by atoms with van der Waals surface area (Å²) in [6, 6.07) is 9.01. The Balaban J connectivity index is 2.11. The van der Waals surface area contributed by atoms with Crippen LogP contribution in [-0.4, -0.2) is 17.1 Å². The first-order valence-corrected chi connectivity index (χ1v) is 7.01. The Labute approximate surface area is 120 Å². The molecule has 1 heterocycles. The second-order valence-corrected chi connectivity index (χ2v) is 5.26. The summed E-state index contributed by atoms with van der Waals surface area (Å²) in [7, 11) is 1.57. The molecule has 1 aromatic heterocycles. The highest BCUT2D eigenvalue weighted by Crippen LogP contribution is 2.28. The molecule has 0 amide bonds. The Morgan fingerprint density at radius 3 is 2.95 bits per heavy atom. The van der Waals surface area contributed by atoms with E-state index < -0.39 is 0 Å². The van der Waals surface area contributed by atoms with Gasteiger partial charge in [-0.15, -0.1) is 11.8 Å². The zero-order chi connectivity index (χ0) is 13.7. The molecular formula is C13H13ClN2O2S. The summed E-state index contributed by atoms with van der Waals surface area (Å²) in [6.45, 7) is 0.327. The van der Waals surface area contributed by atoms with Gasteiger partial charge in [0, 0.05) is 18.1 Å². The fraction of sp³-hybridized carbons (Fsp3) is 0.231. The second-order valence-electron chi connectivity index (χ2n) is 3.84. The van der Waals surface area contributed by atoms with E-state index in [4.69, 9.17) is 16.3 Å². The van der Waals surface area contributed by atoms with Gasteiger partial charge < -0.3 is 9.72 Å². The number of aromatic nitrogens is 2. The molecule has 0 atom stereocenters. The molecule has 6 heteroatoms. The van der Waals surface area contributed by atoms with E-state index in [-0.39, 0.29) is 5.56 Å². The molecule has 0 saturated heterocycles. The van der Waals surface area contributed by atoms with Crippen molar-refractivity contribution in [2.24, 2.45) is 0 Å².